The van der Waals surface area contributed by atoms with Gasteiger partial charge in [0.25, 0.3) is 0 Å². The van der Waals surface area contributed by atoms with Crippen LogP contribution in [0.15, 0.2) is 24.3 Å². The van der Waals surface area contributed by atoms with Crippen LogP contribution in [0.5, 0.6) is 0 Å². The van der Waals surface area contributed by atoms with E-state index in [1.54, 1.807) is 20.8 Å². The Kier molecular flexibility index (Phi) is 6.24. The van der Waals surface area contributed by atoms with E-state index in [4.69, 9.17) is 4.74 Å². The van der Waals surface area contributed by atoms with Crippen LogP contribution in [0.25, 0.3) is 0 Å². The number of ketones is 1. The Morgan fingerprint density at radius 1 is 1.22 bits per heavy atom. The second-order valence-corrected chi connectivity index (χ2v) is 5.82. The number of hydrogen-bond donors (Lipinski definition) is 1. The molecular formula is C16H20FNO5. The molecule has 0 heterocycles. The van der Waals surface area contributed by atoms with Crippen molar-refractivity contribution in [1.82, 2.24) is 5.32 Å². The fourth-order valence-corrected chi connectivity index (χ4v) is 1.78. The Labute approximate surface area is 134 Å². The molecule has 0 aliphatic carbocycles. The third kappa shape index (κ3) is 6.06. The largest absolute Gasteiger partial charge is 0.469 e. The second kappa shape index (κ2) is 7.71. The van der Waals surface area contributed by atoms with E-state index in [1.165, 1.54) is 18.2 Å². The van der Waals surface area contributed by atoms with Gasteiger partial charge in [-0.15, -0.1) is 0 Å². The molecule has 0 fully saturated rings. The summed E-state index contributed by atoms with van der Waals surface area (Å²) in [6, 6.07) is 4.14. The van der Waals surface area contributed by atoms with Crippen LogP contribution in [0, 0.1) is 5.82 Å². The van der Waals surface area contributed by atoms with Crippen LogP contribution in [0.3, 0.4) is 0 Å². The Hall–Kier alpha value is -2.44. The predicted octanol–water partition coefficient (Wildman–Crippen LogP) is 2.52. The minimum Gasteiger partial charge on any atom is -0.469 e. The van der Waals surface area contributed by atoms with E-state index >= 15 is 0 Å². The lowest BCUT2D eigenvalue weighted by Gasteiger charge is -2.23. The van der Waals surface area contributed by atoms with Crippen LogP contribution in [0.2, 0.25) is 0 Å². The molecule has 1 N–H and O–H groups in total. The molecular weight excluding hydrogens is 305 g/mol. The average Bonchev–Trinajstić information content (AvgIpc) is 2.43. The number of halogens is 1. The number of carbonyl (C=O) groups is 3. The first kappa shape index (κ1) is 18.6. The molecule has 23 heavy (non-hydrogen) atoms. The number of hydrogen-bond acceptors (Lipinski definition) is 5. The molecule has 0 saturated heterocycles. The molecule has 7 heteroatoms. The topological polar surface area (TPSA) is 81.7 Å². The number of nitrogens with one attached hydrogen (secondary N) is 1. The monoisotopic (exact) mass is 325 g/mol. The van der Waals surface area contributed by atoms with Crippen LogP contribution in [0.1, 0.15) is 38.8 Å². The lowest BCUT2D eigenvalue weighted by molar-refractivity contribution is -0.143. The van der Waals surface area contributed by atoms with Crippen molar-refractivity contribution < 1.29 is 28.2 Å². The third-order valence-electron chi connectivity index (χ3n) is 2.75. The summed E-state index contributed by atoms with van der Waals surface area (Å²) in [5, 5.41) is 2.30. The van der Waals surface area contributed by atoms with Crippen molar-refractivity contribution in [1.29, 1.82) is 0 Å². The molecule has 1 atom stereocenters. The summed E-state index contributed by atoms with van der Waals surface area (Å²) in [5.74, 6) is -2.15. The second-order valence-electron chi connectivity index (χ2n) is 5.82. The number of rotatable bonds is 5. The molecule has 126 valence electrons. The van der Waals surface area contributed by atoms with E-state index in [0.717, 1.165) is 13.2 Å². The summed E-state index contributed by atoms with van der Waals surface area (Å²) in [6.45, 7) is 4.96. The molecule has 0 aliphatic heterocycles. The van der Waals surface area contributed by atoms with Gasteiger partial charge in [0.15, 0.2) is 5.78 Å². The number of methoxy groups -OCH3 is 1. The average molecular weight is 325 g/mol. The molecule has 0 bridgehead atoms. The van der Waals surface area contributed by atoms with E-state index in [1.807, 2.05) is 0 Å². The van der Waals surface area contributed by atoms with Crippen LogP contribution >= 0.6 is 0 Å². The van der Waals surface area contributed by atoms with Crippen molar-refractivity contribution in [3.05, 3.63) is 35.6 Å². The molecule has 1 rings (SSSR count). The van der Waals surface area contributed by atoms with Gasteiger partial charge in [-0.2, -0.15) is 0 Å². The summed E-state index contributed by atoms with van der Waals surface area (Å²) in [5.41, 5.74) is -0.831. The predicted molar refractivity (Wildman–Crippen MR) is 80.2 cm³/mol. The molecule has 0 spiro atoms. The molecule has 1 amide bonds. The van der Waals surface area contributed by atoms with Gasteiger partial charge in [0.1, 0.15) is 23.9 Å². The molecule has 1 aromatic carbocycles. The number of ether oxygens (including phenoxy) is 2. The van der Waals surface area contributed by atoms with E-state index in [9.17, 15) is 18.8 Å². The number of benzene rings is 1. The van der Waals surface area contributed by atoms with E-state index in [2.05, 4.69) is 10.1 Å². The van der Waals surface area contributed by atoms with Gasteiger partial charge in [-0.1, -0.05) is 18.2 Å². The zero-order valence-electron chi connectivity index (χ0n) is 13.5. The van der Waals surface area contributed by atoms with Gasteiger partial charge in [0.2, 0.25) is 0 Å². The highest BCUT2D eigenvalue weighted by Gasteiger charge is 2.29. The van der Waals surface area contributed by atoms with Crippen molar-refractivity contribution in [2.45, 2.75) is 38.8 Å². The van der Waals surface area contributed by atoms with E-state index < -0.39 is 41.7 Å². The fraction of sp³-hybridized carbons (Fsp3) is 0.438. The smallest absolute Gasteiger partial charge is 0.408 e. The first-order valence-electron chi connectivity index (χ1n) is 6.97. The molecule has 0 saturated carbocycles. The summed E-state index contributed by atoms with van der Waals surface area (Å²) in [4.78, 5) is 35.4. The first-order valence-corrected chi connectivity index (χ1v) is 6.97. The van der Waals surface area contributed by atoms with Crippen molar-refractivity contribution in [2.24, 2.45) is 0 Å². The number of Topliss-reactive ketones (excluding diaryl/α,β-unsaturated/α-hetero) is 1. The highest BCUT2D eigenvalue weighted by Crippen LogP contribution is 2.20. The molecule has 6 nitrogen and oxygen atoms in total. The highest BCUT2D eigenvalue weighted by atomic mass is 19.1. The quantitative estimate of drug-likeness (QED) is 0.664. The molecule has 0 aliphatic rings. The fourth-order valence-electron chi connectivity index (χ4n) is 1.78. The molecule has 0 radical (unpaired) electrons. The lowest BCUT2D eigenvalue weighted by atomic mass is 10.00. The number of esters is 1. The SMILES string of the molecule is COC(=O)CC(=O)C(NC(=O)OC(C)(C)C)c1ccccc1F. The third-order valence-corrected chi connectivity index (χ3v) is 2.75. The number of amides is 1. The lowest BCUT2D eigenvalue weighted by Crippen LogP contribution is -2.39. The maximum absolute atomic E-state index is 13.9. The van der Waals surface area contributed by atoms with Gasteiger partial charge in [-0.25, -0.2) is 9.18 Å². The standard InChI is InChI=1S/C16H20FNO5/c1-16(2,3)23-15(21)18-14(12(19)9-13(20)22-4)10-7-5-6-8-11(10)17/h5-8,14H,9H2,1-4H3,(H,18,21). The van der Waals surface area contributed by atoms with Crippen LogP contribution in [-0.4, -0.2) is 30.6 Å². The molecule has 1 unspecified atom stereocenters. The van der Waals surface area contributed by atoms with E-state index in [0.29, 0.717) is 0 Å². The summed E-state index contributed by atoms with van der Waals surface area (Å²) >= 11 is 0. The summed E-state index contributed by atoms with van der Waals surface area (Å²) in [7, 11) is 1.13. The van der Waals surface area contributed by atoms with Crippen molar-refractivity contribution in [3.8, 4) is 0 Å². The maximum atomic E-state index is 13.9. The Morgan fingerprint density at radius 3 is 2.35 bits per heavy atom. The van der Waals surface area contributed by atoms with Gasteiger partial charge in [0, 0.05) is 5.56 Å². The van der Waals surface area contributed by atoms with E-state index in [-0.39, 0.29) is 5.56 Å². The van der Waals surface area contributed by atoms with Crippen LogP contribution < -0.4 is 5.32 Å². The zero-order valence-corrected chi connectivity index (χ0v) is 13.5. The Bertz CT molecular complexity index is 594. The first-order chi connectivity index (χ1) is 10.6. The van der Waals surface area contributed by atoms with Gasteiger partial charge >= 0.3 is 12.1 Å². The van der Waals surface area contributed by atoms with Crippen molar-refractivity contribution >= 4 is 17.8 Å². The minimum absolute atomic E-state index is 0.0488. The van der Waals surface area contributed by atoms with Gasteiger partial charge < -0.3 is 14.8 Å². The van der Waals surface area contributed by atoms with Crippen LogP contribution in [0.4, 0.5) is 9.18 Å². The van der Waals surface area contributed by atoms with Crippen molar-refractivity contribution in [2.75, 3.05) is 7.11 Å². The normalized spacial score (nSPS) is 12.2. The van der Waals surface area contributed by atoms with Gasteiger partial charge in [-0.05, 0) is 26.8 Å². The van der Waals surface area contributed by atoms with Gasteiger partial charge in [0.05, 0.1) is 7.11 Å². The zero-order chi connectivity index (χ0) is 17.6. The Morgan fingerprint density at radius 2 is 1.83 bits per heavy atom. The van der Waals surface area contributed by atoms with Crippen LogP contribution in [-0.2, 0) is 19.1 Å². The summed E-state index contributed by atoms with van der Waals surface area (Å²) < 4.78 is 23.4. The number of carbonyl (C=O) groups excluding carboxylic acids is 3. The summed E-state index contributed by atoms with van der Waals surface area (Å²) in [6.07, 6.45) is -1.48. The molecule has 1 aromatic rings. The van der Waals surface area contributed by atoms with Crippen molar-refractivity contribution in [3.63, 3.8) is 0 Å². The minimum atomic E-state index is -1.34. The Balaban J connectivity index is 3.02. The highest BCUT2D eigenvalue weighted by molar-refractivity contribution is 6.00. The maximum Gasteiger partial charge on any atom is 0.408 e. The van der Waals surface area contributed by atoms with Gasteiger partial charge in [-0.3, -0.25) is 9.59 Å². The molecule has 0 aromatic heterocycles. The number of alkyl carbamates (subject to hydrolysis) is 1.